The Morgan fingerprint density at radius 1 is 1.05 bits per heavy atom. The zero-order valence-electron chi connectivity index (χ0n) is 12.1. The van der Waals surface area contributed by atoms with Gasteiger partial charge in [-0.3, -0.25) is 4.79 Å². The number of nitrogens with one attached hydrogen (secondary N) is 2. The fraction of sp³-hybridized carbons (Fsp3) is 0.235. The van der Waals surface area contributed by atoms with Crippen molar-refractivity contribution in [2.24, 2.45) is 0 Å². The Labute approximate surface area is 124 Å². The second-order valence-corrected chi connectivity index (χ2v) is 4.92. The fourth-order valence-corrected chi connectivity index (χ4v) is 2.17. The van der Waals surface area contributed by atoms with Crippen LogP contribution < -0.4 is 10.6 Å². The van der Waals surface area contributed by atoms with Crippen LogP contribution in [0.3, 0.4) is 0 Å². The number of rotatable bonds is 6. The van der Waals surface area contributed by atoms with Crippen LogP contribution in [-0.4, -0.2) is 11.0 Å². The van der Waals surface area contributed by atoms with Gasteiger partial charge in [0, 0.05) is 25.7 Å². The van der Waals surface area contributed by atoms with E-state index in [9.17, 15) is 4.79 Å². The molecule has 0 radical (unpaired) electrons. The van der Waals surface area contributed by atoms with Crippen molar-refractivity contribution in [3.8, 4) is 0 Å². The van der Waals surface area contributed by atoms with E-state index in [4.69, 9.17) is 5.11 Å². The lowest BCUT2D eigenvalue weighted by atomic mass is 10.1. The maximum atomic E-state index is 11.2. The number of hydrogen-bond acceptors (Lipinski definition) is 3. The number of aliphatic hydroxyl groups excluding tert-OH is 1. The summed E-state index contributed by atoms with van der Waals surface area (Å²) < 4.78 is 0. The Morgan fingerprint density at radius 3 is 2.57 bits per heavy atom. The SMILES string of the molecule is CC(=O)Nc1ccccc1CNCc1cccc(CO)c1. The summed E-state index contributed by atoms with van der Waals surface area (Å²) in [5.41, 5.74) is 3.92. The van der Waals surface area contributed by atoms with Crippen molar-refractivity contribution in [2.75, 3.05) is 5.32 Å². The van der Waals surface area contributed by atoms with Crippen molar-refractivity contribution in [3.63, 3.8) is 0 Å². The average molecular weight is 284 g/mol. The maximum Gasteiger partial charge on any atom is 0.221 e. The Balaban J connectivity index is 1.95. The van der Waals surface area contributed by atoms with E-state index in [-0.39, 0.29) is 12.5 Å². The van der Waals surface area contributed by atoms with Gasteiger partial charge in [-0.1, -0.05) is 42.5 Å². The Hall–Kier alpha value is -2.17. The molecule has 21 heavy (non-hydrogen) atoms. The second kappa shape index (κ2) is 7.57. The highest BCUT2D eigenvalue weighted by atomic mass is 16.3. The lowest BCUT2D eigenvalue weighted by Gasteiger charge is -2.11. The molecule has 0 spiro atoms. The van der Waals surface area contributed by atoms with Gasteiger partial charge in [-0.05, 0) is 22.8 Å². The molecule has 2 aromatic carbocycles. The normalized spacial score (nSPS) is 10.4. The number of hydrogen-bond donors (Lipinski definition) is 3. The number of benzene rings is 2. The summed E-state index contributed by atoms with van der Waals surface area (Å²) in [5.74, 6) is -0.0712. The van der Waals surface area contributed by atoms with Gasteiger partial charge in [0.15, 0.2) is 0 Å². The third kappa shape index (κ3) is 4.70. The fourth-order valence-electron chi connectivity index (χ4n) is 2.17. The van der Waals surface area contributed by atoms with Crippen LogP contribution in [0.5, 0.6) is 0 Å². The summed E-state index contributed by atoms with van der Waals surface area (Å²) in [5, 5.41) is 15.3. The smallest absolute Gasteiger partial charge is 0.221 e. The number of anilines is 1. The van der Waals surface area contributed by atoms with E-state index >= 15 is 0 Å². The lowest BCUT2D eigenvalue weighted by Crippen LogP contribution is -2.15. The first-order chi connectivity index (χ1) is 10.2. The standard InChI is InChI=1S/C17H20N2O2/c1-13(21)19-17-8-3-2-7-16(17)11-18-10-14-5-4-6-15(9-14)12-20/h2-9,18,20H,10-12H2,1H3,(H,19,21). The molecular weight excluding hydrogens is 264 g/mol. The predicted octanol–water partition coefficient (Wildman–Crippen LogP) is 2.43. The average Bonchev–Trinajstić information content (AvgIpc) is 2.49. The second-order valence-electron chi connectivity index (χ2n) is 4.92. The molecule has 110 valence electrons. The molecule has 0 saturated carbocycles. The van der Waals surface area contributed by atoms with Gasteiger partial charge in [0.05, 0.1) is 6.61 Å². The number of carbonyl (C=O) groups excluding carboxylic acids is 1. The first-order valence-corrected chi connectivity index (χ1v) is 6.94. The summed E-state index contributed by atoms with van der Waals surface area (Å²) in [6.07, 6.45) is 0. The predicted molar refractivity (Wildman–Crippen MR) is 83.7 cm³/mol. The van der Waals surface area contributed by atoms with E-state index in [2.05, 4.69) is 10.6 Å². The van der Waals surface area contributed by atoms with Gasteiger partial charge in [-0.15, -0.1) is 0 Å². The van der Waals surface area contributed by atoms with Crippen LogP contribution >= 0.6 is 0 Å². The highest BCUT2D eigenvalue weighted by Gasteiger charge is 2.03. The summed E-state index contributed by atoms with van der Waals surface area (Å²) in [6, 6.07) is 15.6. The minimum absolute atomic E-state index is 0.0548. The first-order valence-electron chi connectivity index (χ1n) is 6.94. The molecule has 0 fully saturated rings. The first kappa shape index (κ1) is 15.2. The molecule has 4 heteroatoms. The summed E-state index contributed by atoms with van der Waals surface area (Å²) in [7, 11) is 0. The maximum absolute atomic E-state index is 11.2. The van der Waals surface area contributed by atoms with Crippen molar-refractivity contribution >= 4 is 11.6 Å². The van der Waals surface area contributed by atoms with Gasteiger partial charge in [0.2, 0.25) is 5.91 Å². The number of aliphatic hydroxyl groups is 1. The number of carbonyl (C=O) groups is 1. The molecule has 0 aliphatic rings. The van der Waals surface area contributed by atoms with Gasteiger partial charge >= 0.3 is 0 Å². The number of para-hydroxylation sites is 1. The molecule has 0 aromatic heterocycles. The zero-order chi connectivity index (χ0) is 15.1. The molecule has 0 heterocycles. The quantitative estimate of drug-likeness (QED) is 0.763. The van der Waals surface area contributed by atoms with Crippen LogP contribution in [-0.2, 0) is 24.5 Å². The molecule has 0 unspecified atom stereocenters. The molecule has 1 amide bonds. The van der Waals surface area contributed by atoms with Crippen molar-refractivity contribution in [2.45, 2.75) is 26.6 Å². The van der Waals surface area contributed by atoms with Gasteiger partial charge in [0.1, 0.15) is 0 Å². The van der Waals surface area contributed by atoms with E-state index in [1.54, 1.807) is 0 Å². The minimum atomic E-state index is -0.0712. The Bertz CT molecular complexity index is 611. The molecule has 4 nitrogen and oxygen atoms in total. The highest BCUT2D eigenvalue weighted by Crippen LogP contribution is 2.15. The largest absolute Gasteiger partial charge is 0.392 e. The Kier molecular flexibility index (Phi) is 5.49. The lowest BCUT2D eigenvalue weighted by molar-refractivity contribution is -0.114. The minimum Gasteiger partial charge on any atom is -0.392 e. The topological polar surface area (TPSA) is 61.4 Å². The van der Waals surface area contributed by atoms with Crippen molar-refractivity contribution < 1.29 is 9.90 Å². The third-order valence-electron chi connectivity index (χ3n) is 3.15. The molecular formula is C17H20N2O2. The van der Waals surface area contributed by atoms with Crippen LogP contribution in [0.25, 0.3) is 0 Å². The van der Waals surface area contributed by atoms with E-state index in [0.29, 0.717) is 13.1 Å². The molecule has 2 rings (SSSR count). The van der Waals surface area contributed by atoms with Gasteiger partial charge in [-0.25, -0.2) is 0 Å². The summed E-state index contributed by atoms with van der Waals surface area (Å²) >= 11 is 0. The molecule has 0 aliphatic carbocycles. The Morgan fingerprint density at radius 2 is 1.81 bits per heavy atom. The molecule has 3 N–H and O–H groups in total. The van der Waals surface area contributed by atoms with E-state index < -0.39 is 0 Å². The highest BCUT2D eigenvalue weighted by molar-refractivity contribution is 5.89. The monoisotopic (exact) mass is 284 g/mol. The molecule has 2 aromatic rings. The molecule has 0 atom stereocenters. The molecule has 0 aliphatic heterocycles. The van der Waals surface area contributed by atoms with Crippen molar-refractivity contribution in [1.82, 2.24) is 5.32 Å². The number of amides is 1. The summed E-state index contributed by atoms with van der Waals surface area (Å²) in [4.78, 5) is 11.2. The van der Waals surface area contributed by atoms with Crippen molar-refractivity contribution in [1.29, 1.82) is 0 Å². The van der Waals surface area contributed by atoms with Crippen LogP contribution in [0.4, 0.5) is 5.69 Å². The van der Waals surface area contributed by atoms with Gasteiger partial charge < -0.3 is 15.7 Å². The van der Waals surface area contributed by atoms with Crippen molar-refractivity contribution in [3.05, 3.63) is 65.2 Å². The third-order valence-corrected chi connectivity index (χ3v) is 3.15. The summed E-state index contributed by atoms with van der Waals surface area (Å²) in [6.45, 7) is 2.94. The van der Waals surface area contributed by atoms with E-state index in [1.165, 1.54) is 6.92 Å². The van der Waals surface area contributed by atoms with Crippen LogP contribution in [0.1, 0.15) is 23.6 Å². The van der Waals surface area contributed by atoms with Gasteiger partial charge in [0.25, 0.3) is 0 Å². The van der Waals surface area contributed by atoms with Gasteiger partial charge in [-0.2, -0.15) is 0 Å². The van der Waals surface area contributed by atoms with Crippen LogP contribution in [0.15, 0.2) is 48.5 Å². The van der Waals surface area contributed by atoms with E-state index in [1.807, 2.05) is 48.5 Å². The zero-order valence-corrected chi connectivity index (χ0v) is 12.1. The molecule has 0 bridgehead atoms. The van der Waals surface area contributed by atoms with Crippen LogP contribution in [0, 0.1) is 0 Å². The molecule has 0 saturated heterocycles. The van der Waals surface area contributed by atoms with Crippen LogP contribution in [0.2, 0.25) is 0 Å². The van der Waals surface area contributed by atoms with E-state index in [0.717, 1.165) is 22.4 Å².